The van der Waals surface area contributed by atoms with Crippen LogP contribution in [-0.4, -0.2) is 41.2 Å². The van der Waals surface area contributed by atoms with Gasteiger partial charge in [0.25, 0.3) is 0 Å². The lowest BCUT2D eigenvalue weighted by atomic mass is 9.69. The monoisotopic (exact) mass is 346 g/mol. The first-order valence-electron chi connectivity index (χ1n) is 8.49. The lowest BCUT2D eigenvalue weighted by Gasteiger charge is -2.51. The summed E-state index contributed by atoms with van der Waals surface area (Å²) in [5, 5.41) is 12.6. The van der Waals surface area contributed by atoms with Gasteiger partial charge < -0.3 is 15.0 Å². The highest BCUT2D eigenvalue weighted by atomic mass is 19.1. The van der Waals surface area contributed by atoms with Crippen LogP contribution in [-0.2, 0) is 4.74 Å². The second-order valence-corrected chi connectivity index (χ2v) is 7.95. The largest absolute Gasteiger partial charge is 0.444 e. The maximum absolute atomic E-state index is 13.8. The van der Waals surface area contributed by atoms with Crippen molar-refractivity contribution in [2.24, 2.45) is 5.41 Å². The minimum Gasteiger partial charge on any atom is -0.444 e. The van der Waals surface area contributed by atoms with Crippen molar-refractivity contribution in [3.8, 4) is 6.07 Å². The van der Waals surface area contributed by atoms with Gasteiger partial charge in [0.1, 0.15) is 23.2 Å². The molecule has 0 radical (unpaired) electrons. The van der Waals surface area contributed by atoms with Gasteiger partial charge in [-0.2, -0.15) is 5.26 Å². The van der Waals surface area contributed by atoms with Gasteiger partial charge in [-0.05, 0) is 45.1 Å². The average Bonchev–Trinajstić information content (AvgIpc) is 2.51. The second kappa shape index (κ2) is 6.26. The summed E-state index contributed by atoms with van der Waals surface area (Å²) in [6, 6.07) is 2.92. The molecule has 1 N–H and O–H groups in total. The molecule has 0 aliphatic carbocycles. The van der Waals surface area contributed by atoms with Crippen LogP contribution in [0.25, 0.3) is 0 Å². The van der Waals surface area contributed by atoms with Crippen molar-refractivity contribution >= 4 is 6.09 Å². The summed E-state index contributed by atoms with van der Waals surface area (Å²) in [6.07, 6.45) is 2.12. The van der Waals surface area contributed by atoms with Crippen LogP contribution in [0.4, 0.5) is 9.18 Å². The Hall–Kier alpha value is -2.20. The summed E-state index contributed by atoms with van der Waals surface area (Å²) < 4.78 is 19.3. The molecule has 1 unspecified atom stereocenters. The van der Waals surface area contributed by atoms with Crippen molar-refractivity contribution in [1.82, 2.24) is 15.2 Å². The number of carbonyl (C=O) groups is 1. The zero-order valence-electron chi connectivity index (χ0n) is 14.8. The van der Waals surface area contributed by atoms with E-state index in [1.807, 2.05) is 26.8 Å². The van der Waals surface area contributed by atoms with E-state index in [0.717, 1.165) is 25.7 Å². The first kappa shape index (κ1) is 17.6. The Morgan fingerprint density at radius 3 is 2.80 bits per heavy atom. The van der Waals surface area contributed by atoms with Gasteiger partial charge in [0.15, 0.2) is 0 Å². The summed E-state index contributed by atoms with van der Waals surface area (Å²) in [5.41, 5.74) is 0.0820. The summed E-state index contributed by atoms with van der Waals surface area (Å²) in [5.74, 6) is -0.510. The molecule has 134 valence electrons. The number of ether oxygens (including phenoxy) is 1. The number of hydrogen-bond donors (Lipinski definition) is 1. The van der Waals surface area contributed by atoms with Crippen molar-refractivity contribution < 1.29 is 13.9 Å². The molecule has 0 aromatic carbocycles. The smallest absolute Gasteiger partial charge is 0.410 e. The summed E-state index contributed by atoms with van der Waals surface area (Å²) in [4.78, 5) is 18.2. The fourth-order valence-corrected chi connectivity index (χ4v) is 3.55. The van der Waals surface area contributed by atoms with Crippen LogP contribution < -0.4 is 5.32 Å². The van der Waals surface area contributed by atoms with Crippen LogP contribution >= 0.6 is 0 Å². The zero-order chi connectivity index (χ0) is 18.2. The van der Waals surface area contributed by atoms with E-state index >= 15 is 0 Å². The molecule has 2 fully saturated rings. The maximum atomic E-state index is 13.8. The van der Waals surface area contributed by atoms with Crippen molar-refractivity contribution in [1.29, 1.82) is 5.26 Å². The van der Waals surface area contributed by atoms with Crippen LogP contribution in [0.3, 0.4) is 0 Å². The number of pyridine rings is 1. The number of piperidine rings is 1. The third kappa shape index (κ3) is 3.59. The third-order valence-electron chi connectivity index (χ3n) is 4.86. The molecule has 2 aliphatic heterocycles. The highest BCUT2D eigenvalue weighted by Gasteiger charge is 2.47. The van der Waals surface area contributed by atoms with Crippen LogP contribution in [0.15, 0.2) is 12.3 Å². The molecule has 1 spiro atoms. The first-order valence-corrected chi connectivity index (χ1v) is 8.49. The maximum Gasteiger partial charge on any atom is 0.410 e. The number of amides is 1. The van der Waals surface area contributed by atoms with Gasteiger partial charge in [-0.1, -0.05) is 0 Å². The Balaban J connectivity index is 1.96. The van der Waals surface area contributed by atoms with Gasteiger partial charge in [-0.3, -0.25) is 0 Å². The topological polar surface area (TPSA) is 78.2 Å². The Bertz CT molecular complexity index is 719. The summed E-state index contributed by atoms with van der Waals surface area (Å²) >= 11 is 0. The molecular weight excluding hydrogens is 323 g/mol. The minimum absolute atomic E-state index is 0.0855. The Morgan fingerprint density at radius 1 is 1.52 bits per heavy atom. The lowest BCUT2D eigenvalue weighted by molar-refractivity contribution is -0.0213. The molecule has 7 heteroatoms. The molecule has 1 aromatic heterocycles. The predicted octanol–water partition coefficient (Wildman–Crippen LogP) is 2.75. The number of nitrogens with zero attached hydrogens (tertiary/aromatic N) is 3. The van der Waals surface area contributed by atoms with E-state index in [-0.39, 0.29) is 11.1 Å². The molecule has 1 atom stereocenters. The van der Waals surface area contributed by atoms with Gasteiger partial charge in [0, 0.05) is 25.2 Å². The number of halogens is 1. The van der Waals surface area contributed by atoms with E-state index in [2.05, 4.69) is 10.3 Å². The third-order valence-corrected chi connectivity index (χ3v) is 4.86. The van der Waals surface area contributed by atoms with Crippen LogP contribution in [0.5, 0.6) is 0 Å². The number of nitrogens with one attached hydrogen (secondary N) is 1. The molecule has 25 heavy (non-hydrogen) atoms. The van der Waals surface area contributed by atoms with Gasteiger partial charge in [-0.15, -0.1) is 0 Å². The number of nitriles is 1. The van der Waals surface area contributed by atoms with Gasteiger partial charge in [0.2, 0.25) is 0 Å². The Kier molecular flexibility index (Phi) is 4.41. The zero-order valence-corrected chi connectivity index (χ0v) is 14.8. The van der Waals surface area contributed by atoms with E-state index in [1.165, 1.54) is 6.07 Å². The Labute approximate surface area is 147 Å². The first-order chi connectivity index (χ1) is 11.7. The SMILES string of the molecule is CC(C)(C)OC(=O)N1CCC2(CNC2)CC1c1cc(F)cnc1C#N. The lowest BCUT2D eigenvalue weighted by Crippen LogP contribution is -2.59. The van der Waals surface area contributed by atoms with E-state index in [4.69, 9.17) is 4.74 Å². The molecule has 2 saturated heterocycles. The number of carbonyl (C=O) groups excluding carboxylic acids is 1. The molecule has 1 aromatic rings. The number of rotatable bonds is 1. The summed E-state index contributed by atoms with van der Waals surface area (Å²) in [7, 11) is 0. The minimum atomic E-state index is -0.618. The van der Waals surface area contributed by atoms with Gasteiger partial charge in [-0.25, -0.2) is 14.2 Å². The van der Waals surface area contributed by atoms with E-state index in [9.17, 15) is 14.4 Å². The fraction of sp³-hybridized carbons (Fsp3) is 0.611. The molecular formula is C18H23FN4O2. The van der Waals surface area contributed by atoms with Gasteiger partial charge >= 0.3 is 6.09 Å². The molecule has 3 heterocycles. The molecule has 3 rings (SSSR count). The molecule has 0 bridgehead atoms. The van der Waals surface area contributed by atoms with Crippen molar-refractivity contribution in [3.63, 3.8) is 0 Å². The van der Waals surface area contributed by atoms with Crippen LogP contribution in [0.1, 0.15) is 50.9 Å². The Morgan fingerprint density at radius 2 is 2.24 bits per heavy atom. The number of likely N-dealkylation sites (tertiary alicyclic amines) is 1. The van der Waals surface area contributed by atoms with E-state index in [0.29, 0.717) is 18.5 Å². The van der Waals surface area contributed by atoms with Crippen LogP contribution in [0.2, 0.25) is 0 Å². The van der Waals surface area contributed by atoms with Crippen LogP contribution in [0, 0.1) is 22.6 Å². The number of aromatic nitrogens is 1. The van der Waals surface area contributed by atoms with E-state index < -0.39 is 23.6 Å². The van der Waals surface area contributed by atoms with Crippen molar-refractivity contribution in [2.45, 2.75) is 45.3 Å². The standard InChI is InChI=1S/C18H23FN4O2/c1-17(2,3)25-16(24)23-5-4-18(10-21-11-18)7-15(23)13-6-12(19)9-22-14(13)8-20/h6,9,15,21H,4-5,7,10-11H2,1-3H3. The summed E-state index contributed by atoms with van der Waals surface area (Å²) in [6.45, 7) is 7.69. The normalized spacial score (nSPS) is 22.2. The quantitative estimate of drug-likeness (QED) is 0.846. The highest BCUT2D eigenvalue weighted by Crippen LogP contribution is 2.45. The van der Waals surface area contributed by atoms with Crippen molar-refractivity contribution in [2.75, 3.05) is 19.6 Å². The average molecular weight is 346 g/mol. The molecule has 1 amide bonds. The van der Waals surface area contributed by atoms with Gasteiger partial charge in [0.05, 0.1) is 12.2 Å². The van der Waals surface area contributed by atoms with Crippen molar-refractivity contribution in [3.05, 3.63) is 29.3 Å². The van der Waals surface area contributed by atoms with E-state index in [1.54, 1.807) is 4.90 Å². The second-order valence-electron chi connectivity index (χ2n) is 7.95. The highest BCUT2D eigenvalue weighted by molar-refractivity contribution is 5.69. The predicted molar refractivity (Wildman–Crippen MR) is 89.1 cm³/mol. The molecule has 0 saturated carbocycles. The number of hydrogen-bond acceptors (Lipinski definition) is 5. The fourth-order valence-electron chi connectivity index (χ4n) is 3.55. The molecule has 2 aliphatic rings. The molecule has 6 nitrogen and oxygen atoms in total.